The Balaban J connectivity index is 0.00000324. The predicted octanol–water partition coefficient (Wildman–Crippen LogP) is 2.97. The summed E-state index contributed by atoms with van der Waals surface area (Å²) in [4.78, 5) is 12.6. The average Bonchev–Trinajstić information content (AvgIpc) is 2.37. The summed E-state index contributed by atoms with van der Waals surface area (Å²) in [5, 5.41) is 6.77. The number of thioether (sulfide) groups is 1. The van der Waals surface area contributed by atoms with Crippen LogP contribution in [0.15, 0.2) is 29.2 Å². The third-order valence-electron chi connectivity index (χ3n) is 2.29. The molecule has 1 rings (SSSR count). The van der Waals surface area contributed by atoms with Crippen molar-refractivity contribution < 1.29 is 4.79 Å². The summed E-state index contributed by atoms with van der Waals surface area (Å²) < 4.78 is 0. The Morgan fingerprint density at radius 1 is 1.26 bits per heavy atom. The number of nitrogens with one attached hydrogen (secondary N) is 2. The topological polar surface area (TPSA) is 41.1 Å². The molecule has 0 bridgehead atoms. The molecule has 0 atom stereocenters. The summed E-state index contributed by atoms with van der Waals surface area (Å²) in [6, 6.07) is 7.66. The number of hydrogen-bond acceptors (Lipinski definition) is 3. The fourth-order valence-electron chi connectivity index (χ4n) is 1.35. The quantitative estimate of drug-likeness (QED) is 0.571. The van der Waals surface area contributed by atoms with Gasteiger partial charge in [0.2, 0.25) is 5.91 Å². The van der Waals surface area contributed by atoms with Gasteiger partial charge in [-0.25, -0.2) is 0 Å². The van der Waals surface area contributed by atoms with Crippen LogP contribution in [0, 0.1) is 0 Å². The number of benzene rings is 1. The molecule has 0 heterocycles. The van der Waals surface area contributed by atoms with Crippen LogP contribution >= 0.6 is 35.8 Å². The van der Waals surface area contributed by atoms with E-state index in [2.05, 4.69) is 10.6 Å². The Morgan fingerprint density at radius 3 is 2.58 bits per heavy atom. The summed E-state index contributed by atoms with van der Waals surface area (Å²) in [6.07, 6.45) is 0.541. The van der Waals surface area contributed by atoms with Crippen LogP contribution in [0.5, 0.6) is 0 Å². The van der Waals surface area contributed by atoms with Gasteiger partial charge in [-0.3, -0.25) is 4.79 Å². The molecule has 2 N–H and O–H groups in total. The summed E-state index contributed by atoms with van der Waals surface area (Å²) in [7, 11) is 0. The molecule has 108 valence electrons. The van der Waals surface area contributed by atoms with Crippen molar-refractivity contribution in [2.75, 3.05) is 25.4 Å². The minimum atomic E-state index is 0. The van der Waals surface area contributed by atoms with Gasteiger partial charge in [0.05, 0.1) is 0 Å². The van der Waals surface area contributed by atoms with E-state index in [0.29, 0.717) is 13.0 Å². The molecule has 19 heavy (non-hydrogen) atoms. The van der Waals surface area contributed by atoms with Crippen molar-refractivity contribution in [2.24, 2.45) is 0 Å². The number of halogens is 2. The summed E-state index contributed by atoms with van der Waals surface area (Å²) in [6.45, 7) is 4.50. The van der Waals surface area contributed by atoms with Crippen LogP contribution in [0.4, 0.5) is 0 Å². The Hall–Kier alpha value is -0.420. The summed E-state index contributed by atoms with van der Waals surface area (Å²) >= 11 is 7.47. The largest absolute Gasteiger partial charge is 0.355 e. The fraction of sp³-hybridized carbons (Fsp3) is 0.462. The van der Waals surface area contributed by atoms with Gasteiger partial charge in [0.25, 0.3) is 0 Å². The maximum Gasteiger partial charge on any atom is 0.220 e. The van der Waals surface area contributed by atoms with E-state index in [1.807, 2.05) is 31.2 Å². The molecule has 0 aromatic heterocycles. The highest BCUT2D eigenvalue weighted by molar-refractivity contribution is 7.99. The molecule has 0 spiro atoms. The second-order valence-corrected chi connectivity index (χ2v) is 5.36. The number of hydrogen-bond donors (Lipinski definition) is 2. The Kier molecular flexibility index (Phi) is 11.2. The zero-order chi connectivity index (χ0) is 13.2. The normalized spacial score (nSPS) is 9.79. The molecule has 1 aromatic rings. The van der Waals surface area contributed by atoms with Gasteiger partial charge in [0.15, 0.2) is 0 Å². The molecule has 0 radical (unpaired) electrons. The van der Waals surface area contributed by atoms with Crippen LogP contribution in [-0.2, 0) is 4.79 Å². The monoisotopic (exact) mass is 322 g/mol. The van der Waals surface area contributed by atoms with Gasteiger partial charge in [-0.05, 0) is 30.8 Å². The first-order valence-electron chi connectivity index (χ1n) is 6.08. The van der Waals surface area contributed by atoms with Crippen molar-refractivity contribution in [3.05, 3.63) is 29.3 Å². The first-order valence-corrected chi connectivity index (χ1v) is 7.44. The van der Waals surface area contributed by atoms with Gasteiger partial charge in [0, 0.05) is 35.2 Å². The van der Waals surface area contributed by atoms with E-state index in [1.54, 1.807) is 11.8 Å². The zero-order valence-corrected chi connectivity index (χ0v) is 13.3. The second kappa shape index (κ2) is 11.4. The van der Waals surface area contributed by atoms with Crippen LogP contribution in [0.1, 0.15) is 13.3 Å². The molecule has 0 saturated heterocycles. The number of rotatable bonds is 8. The first kappa shape index (κ1) is 18.6. The van der Waals surface area contributed by atoms with Crippen molar-refractivity contribution in [1.82, 2.24) is 10.6 Å². The molecule has 1 aromatic carbocycles. The summed E-state index contributed by atoms with van der Waals surface area (Å²) in [5.41, 5.74) is 0. The summed E-state index contributed by atoms with van der Waals surface area (Å²) in [5.74, 6) is 0.892. The molecule has 0 aliphatic carbocycles. The van der Waals surface area contributed by atoms with E-state index in [1.165, 1.54) is 0 Å². The first-order chi connectivity index (χ1) is 8.72. The molecular formula is C13H20Cl2N2OS. The van der Waals surface area contributed by atoms with E-state index in [9.17, 15) is 4.79 Å². The molecule has 0 unspecified atom stereocenters. The van der Waals surface area contributed by atoms with E-state index in [-0.39, 0.29) is 18.3 Å². The van der Waals surface area contributed by atoms with Gasteiger partial charge in [-0.2, -0.15) is 0 Å². The predicted molar refractivity (Wildman–Crippen MR) is 85.6 cm³/mol. The van der Waals surface area contributed by atoms with Crippen LogP contribution < -0.4 is 10.6 Å². The lowest BCUT2D eigenvalue weighted by Gasteiger charge is -2.05. The van der Waals surface area contributed by atoms with Crippen molar-refractivity contribution >= 4 is 41.7 Å². The van der Waals surface area contributed by atoms with Crippen molar-refractivity contribution in [3.63, 3.8) is 0 Å². The van der Waals surface area contributed by atoms with Gasteiger partial charge >= 0.3 is 0 Å². The van der Waals surface area contributed by atoms with Crippen molar-refractivity contribution in [2.45, 2.75) is 18.2 Å². The van der Waals surface area contributed by atoms with E-state index < -0.39 is 0 Å². The van der Waals surface area contributed by atoms with Gasteiger partial charge in [-0.1, -0.05) is 18.5 Å². The lowest BCUT2D eigenvalue weighted by atomic mass is 10.4. The fourth-order valence-corrected chi connectivity index (χ4v) is 2.33. The lowest BCUT2D eigenvalue weighted by Crippen LogP contribution is -2.31. The van der Waals surface area contributed by atoms with E-state index in [0.717, 1.165) is 28.8 Å². The van der Waals surface area contributed by atoms with E-state index >= 15 is 0 Å². The van der Waals surface area contributed by atoms with Gasteiger partial charge in [0.1, 0.15) is 0 Å². The van der Waals surface area contributed by atoms with E-state index in [4.69, 9.17) is 11.6 Å². The highest BCUT2D eigenvalue weighted by atomic mass is 35.5. The molecular weight excluding hydrogens is 303 g/mol. The number of amides is 1. The highest BCUT2D eigenvalue weighted by Crippen LogP contribution is 2.20. The van der Waals surface area contributed by atoms with Crippen LogP contribution in [-0.4, -0.2) is 31.3 Å². The number of likely N-dealkylation sites (N-methyl/N-ethyl adjacent to an activating group) is 1. The zero-order valence-electron chi connectivity index (χ0n) is 10.9. The minimum absolute atomic E-state index is 0. The number of carbonyl (C=O) groups is 1. The van der Waals surface area contributed by atoms with Crippen LogP contribution in [0.3, 0.4) is 0 Å². The molecule has 3 nitrogen and oxygen atoms in total. The molecule has 6 heteroatoms. The molecule has 0 aliphatic heterocycles. The maximum atomic E-state index is 11.5. The lowest BCUT2D eigenvalue weighted by molar-refractivity contribution is -0.120. The third-order valence-corrected chi connectivity index (χ3v) is 3.55. The van der Waals surface area contributed by atoms with Crippen molar-refractivity contribution in [1.29, 1.82) is 0 Å². The van der Waals surface area contributed by atoms with Crippen LogP contribution in [0.2, 0.25) is 5.02 Å². The third kappa shape index (κ3) is 9.16. The Morgan fingerprint density at radius 2 is 1.95 bits per heavy atom. The smallest absolute Gasteiger partial charge is 0.220 e. The SMILES string of the molecule is CCNCCNC(=O)CCSc1ccc(Cl)cc1.Cl. The van der Waals surface area contributed by atoms with Crippen LogP contribution in [0.25, 0.3) is 0 Å². The van der Waals surface area contributed by atoms with Gasteiger partial charge in [-0.15, -0.1) is 24.2 Å². The highest BCUT2D eigenvalue weighted by Gasteiger charge is 2.01. The van der Waals surface area contributed by atoms with Gasteiger partial charge < -0.3 is 10.6 Å². The van der Waals surface area contributed by atoms with Crippen molar-refractivity contribution in [3.8, 4) is 0 Å². The average molecular weight is 323 g/mol. The molecule has 1 amide bonds. The molecule has 0 fully saturated rings. The molecule has 0 saturated carbocycles. The Labute approximate surface area is 130 Å². The molecule has 0 aliphatic rings. The maximum absolute atomic E-state index is 11.5. The number of carbonyl (C=O) groups excluding carboxylic acids is 1. The standard InChI is InChI=1S/C13H19ClN2OS.ClH/c1-2-15-8-9-16-13(17)7-10-18-12-5-3-11(14)4-6-12;/h3-6,15H,2,7-10H2,1H3,(H,16,17);1H. The Bertz CT molecular complexity index is 360. The minimum Gasteiger partial charge on any atom is -0.355 e. The second-order valence-electron chi connectivity index (χ2n) is 3.76.